The van der Waals surface area contributed by atoms with Gasteiger partial charge in [-0.15, -0.1) is 0 Å². The normalized spacial score (nSPS) is 10.4. The van der Waals surface area contributed by atoms with Crippen molar-refractivity contribution < 1.29 is 0 Å². The Kier molecular flexibility index (Phi) is 2.51. The van der Waals surface area contributed by atoms with Crippen molar-refractivity contribution in [3.05, 3.63) is 36.5 Å². The van der Waals surface area contributed by atoms with E-state index in [1.54, 1.807) is 10.9 Å². The molecular weight excluding hydrogens is 178 g/mol. The lowest BCUT2D eigenvalue weighted by atomic mass is 10.4. The second kappa shape index (κ2) is 3.97. The summed E-state index contributed by atoms with van der Waals surface area (Å²) in [6, 6.07) is 1.82. The summed E-state index contributed by atoms with van der Waals surface area (Å²) in [6.45, 7) is 0.811. The fraction of sp³-hybridized carbons (Fsp3) is 0.222. The Labute approximate surface area is 81.8 Å². The van der Waals surface area contributed by atoms with Crippen molar-refractivity contribution in [3.8, 4) is 5.82 Å². The molecule has 1 N–H and O–H groups in total. The Hall–Kier alpha value is -1.75. The molecule has 0 unspecified atom stereocenters. The van der Waals surface area contributed by atoms with Crippen molar-refractivity contribution in [3.63, 3.8) is 0 Å². The Bertz CT molecular complexity index is 395. The number of hydrogen-bond acceptors (Lipinski definition) is 4. The van der Waals surface area contributed by atoms with Crippen LogP contribution in [0.15, 0.2) is 31.0 Å². The number of rotatable bonds is 3. The average molecular weight is 189 g/mol. The van der Waals surface area contributed by atoms with Crippen LogP contribution in [0.2, 0.25) is 0 Å². The van der Waals surface area contributed by atoms with Crippen molar-refractivity contribution in [1.29, 1.82) is 0 Å². The van der Waals surface area contributed by atoms with Crippen LogP contribution in [0.4, 0.5) is 0 Å². The molecule has 0 atom stereocenters. The third-order valence-electron chi connectivity index (χ3n) is 1.82. The molecule has 0 saturated carbocycles. The van der Waals surface area contributed by atoms with Gasteiger partial charge in [0.15, 0.2) is 5.82 Å². The van der Waals surface area contributed by atoms with E-state index < -0.39 is 0 Å². The SMILES string of the molecule is CNCc1cnn(-c2ccncn2)c1. The molecule has 5 heteroatoms. The molecular formula is C9H11N5. The maximum absolute atomic E-state index is 4.19. The molecule has 2 aromatic rings. The van der Waals surface area contributed by atoms with Gasteiger partial charge in [0.05, 0.1) is 6.20 Å². The predicted octanol–water partition coefficient (Wildman–Crippen LogP) is 0.382. The highest BCUT2D eigenvalue weighted by Gasteiger charge is 1.99. The molecule has 14 heavy (non-hydrogen) atoms. The lowest BCUT2D eigenvalue weighted by molar-refractivity contribution is 0.813. The minimum atomic E-state index is 0.780. The van der Waals surface area contributed by atoms with Gasteiger partial charge in [-0.05, 0) is 7.05 Å². The largest absolute Gasteiger partial charge is 0.316 e. The van der Waals surface area contributed by atoms with Crippen molar-refractivity contribution in [2.75, 3.05) is 7.05 Å². The molecule has 0 amide bonds. The molecule has 0 saturated heterocycles. The lowest BCUT2D eigenvalue weighted by Gasteiger charge is -1.97. The van der Waals surface area contributed by atoms with Crippen LogP contribution in [-0.2, 0) is 6.54 Å². The number of aromatic nitrogens is 4. The van der Waals surface area contributed by atoms with Crippen molar-refractivity contribution in [1.82, 2.24) is 25.1 Å². The Balaban J connectivity index is 2.25. The average Bonchev–Trinajstić information content (AvgIpc) is 2.68. The van der Waals surface area contributed by atoms with E-state index in [-0.39, 0.29) is 0 Å². The zero-order valence-corrected chi connectivity index (χ0v) is 7.88. The van der Waals surface area contributed by atoms with Crippen LogP contribution in [-0.4, -0.2) is 26.8 Å². The van der Waals surface area contributed by atoms with Gasteiger partial charge in [0, 0.05) is 30.6 Å². The summed E-state index contributed by atoms with van der Waals surface area (Å²) in [5, 5.41) is 7.25. The van der Waals surface area contributed by atoms with Gasteiger partial charge >= 0.3 is 0 Å². The van der Waals surface area contributed by atoms with Crippen molar-refractivity contribution in [2.45, 2.75) is 6.54 Å². The summed E-state index contributed by atoms with van der Waals surface area (Å²) in [4.78, 5) is 7.94. The third kappa shape index (κ3) is 1.77. The van der Waals surface area contributed by atoms with Gasteiger partial charge in [-0.1, -0.05) is 0 Å². The molecule has 0 fully saturated rings. The van der Waals surface area contributed by atoms with Gasteiger partial charge in [0.1, 0.15) is 6.33 Å². The number of nitrogens with zero attached hydrogens (tertiary/aromatic N) is 4. The van der Waals surface area contributed by atoms with Gasteiger partial charge in [0.25, 0.3) is 0 Å². The monoisotopic (exact) mass is 189 g/mol. The summed E-state index contributed by atoms with van der Waals surface area (Å²) in [5.74, 6) is 0.780. The first-order valence-electron chi connectivity index (χ1n) is 4.34. The van der Waals surface area contributed by atoms with Crippen molar-refractivity contribution in [2.24, 2.45) is 0 Å². The smallest absolute Gasteiger partial charge is 0.156 e. The minimum absolute atomic E-state index is 0.780. The van der Waals surface area contributed by atoms with E-state index in [9.17, 15) is 0 Å². The molecule has 72 valence electrons. The molecule has 0 spiro atoms. The zero-order chi connectivity index (χ0) is 9.80. The number of hydrogen-bond donors (Lipinski definition) is 1. The molecule has 0 bridgehead atoms. The first-order chi connectivity index (χ1) is 6.90. The van der Waals surface area contributed by atoms with E-state index in [0.717, 1.165) is 17.9 Å². The highest BCUT2D eigenvalue weighted by molar-refractivity contribution is 5.19. The molecule has 0 aliphatic carbocycles. The summed E-state index contributed by atoms with van der Waals surface area (Å²) < 4.78 is 1.73. The summed E-state index contributed by atoms with van der Waals surface area (Å²) in [7, 11) is 1.90. The second-order valence-corrected chi connectivity index (χ2v) is 2.89. The molecule has 2 rings (SSSR count). The van der Waals surface area contributed by atoms with E-state index in [2.05, 4.69) is 20.4 Å². The van der Waals surface area contributed by atoms with Crippen LogP contribution in [0, 0.1) is 0 Å². The van der Waals surface area contributed by atoms with Gasteiger partial charge in [-0.2, -0.15) is 5.10 Å². The fourth-order valence-corrected chi connectivity index (χ4v) is 1.20. The first kappa shape index (κ1) is 8.83. The van der Waals surface area contributed by atoms with Crippen LogP contribution in [0.3, 0.4) is 0 Å². The maximum Gasteiger partial charge on any atom is 0.156 e. The minimum Gasteiger partial charge on any atom is -0.316 e. The fourth-order valence-electron chi connectivity index (χ4n) is 1.20. The molecule has 2 heterocycles. The molecule has 5 nitrogen and oxygen atoms in total. The topological polar surface area (TPSA) is 55.6 Å². The summed E-state index contributed by atoms with van der Waals surface area (Å²) >= 11 is 0. The van der Waals surface area contributed by atoms with Crippen LogP contribution in [0.1, 0.15) is 5.56 Å². The van der Waals surface area contributed by atoms with E-state index in [1.165, 1.54) is 6.33 Å². The van der Waals surface area contributed by atoms with Gasteiger partial charge < -0.3 is 5.32 Å². The Morgan fingerprint density at radius 1 is 1.50 bits per heavy atom. The maximum atomic E-state index is 4.19. The molecule has 2 aromatic heterocycles. The van der Waals surface area contributed by atoms with Crippen LogP contribution in [0.5, 0.6) is 0 Å². The van der Waals surface area contributed by atoms with Gasteiger partial charge in [-0.25, -0.2) is 14.6 Å². The molecule has 0 aliphatic rings. The summed E-state index contributed by atoms with van der Waals surface area (Å²) in [6.07, 6.45) is 6.97. The van der Waals surface area contributed by atoms with Crippen LogP contribution < -0.4 is 5.32 Å². The number of nitrogens with one attached hydrogen (secondary N) is 1. The highest BCUT2D eigenvalue weighted by atomic mass is 15.3. The van der Waals surface area contributed by atoms with Crippen LogP contribution in [0.25, 0.3) is 5.82 Å². The van der Waals surface area contributed by atoms with E-state index in [4.69, 9.17) is 0 Å². The van der Waals surface area contributed by atoms with E-state index in [1.807, 2.05) is 25.5 Å². The third-order valence-corrected chi connectivity index (χ3v) is 1.82. The molecule has 0 radical (unpaired) electrons. The molecule has 0 aromatic carbocycles. The highest BCUT2D eigenvalue weighted by Crippen LogP contribution is 2.03. The van der Waals surface area contributed by atoms with Crippen LogP contribution >= 0.6 is 0 Å². The quantitative estimate of drug-likeness (QED) is 0.758. The first-order valence-corrected chi connectivity index (χ1v) is 4.34. The Morgan fingerprint density at radius 2 is 2.43 bits per heavy atom. The zero-order valence-electron chi connectivity index (χ0n) is 7.88. The summed E-state index contributed by atoms with van der Waals surface area (Å²) in [5.41, 5.74) is 1.13. The van der Waals surface area contributed by atoms with Crippen molar-refractivity contribution >= 4 is 0 Å². The second-order valence-electron chi connectivity index (χ2n) is 2.89. The molecule has 0 aliphatic heterocycles. The van der Waals surface area contributed by atoms with E-state index in [0.29, 0.717) is 0 Å². The van der Waals surface area contributed by atoms with Gasteiger partial charge in [-0.3, -0.25) is 0 Å². The standard InChI is InChI=1S/C9H11N5/c1-10-4-8-5-13-14(6-8)9-2-3-11-7-12-9/h2-3,5-7,10H,4H2,1H3. The predicted molar refractivity (Wildman–Crippen MR) is 51.9 cm³/mol. The van der Waals surface area contributed by atoms with Gasteiger partial charge in [0.2, 0.25) is 0 Å². The Morgan fingerprint density at radius 3 is 3.14 bits per heavy atom. The lowest BCUT2D eigenvalue weighted by Crippen LogP contribution is -2.04. The van der Waals surface area contributed by atoms with E-state index >= 15 is 0 Å².